The molecule has 1 atom stereocenters. The number of anilines is 1. The number of fused-ring (bicyclic) bond motifs is 2. The maximum Gasteiger partial charge on any atom is 0.414 e. The lowest BCUT2D eigenvalue weighted by Gasteiger charge is -2.46. The number of rotatable bonds is 7. The van der Waals surface area contributed by atoms with Gasteiger partial charge in [0.1, 0.15) is 11.4 Å². The predicted molar refractivity (Wildman–Crippen MR) is 151 cm³/mol. The van der Waals surface area contributed by atoms with Gasteiger partial charge in [0.15, 0.2) is 0 Å². The summed E-state index contributed by atoms with van der Waals surface area (Å²) in [6.45, 7) is 2.38. The van der Waals surface area contributed by atoms with Gasteiger partial charge in [-0.25, -0.2) is 9.18 Å². The standard InChI is InChI=1S/C30H30Cl2FN3O3/c1-35-27-10-8-22(33)18-24(27)30(39-29(35)38)12-15-36(16-13-30)14-11-23(21-7-9-25(31)26(32)17-21)28(37)34-19-20-5-3-2-4-6-20/h2-10,17-18,23H,11-16,19H2,1H3,(H,34,37). The minimum absolute atomic E-state index is 0.0839. The molecule has 2 aliphatic heterocycles. The summed E-state index contributed by atoms with van der Waals surface area (Å²) in [6.07, 6.45) is 1.22. The molecule has 0 bridgehead atoms. The van der Waals surface area contributed by atoms with Crippen LogP contribution in [0.2, 0.25) is 10.0 Å². The first-order chi connectivity index (χ1) is 18.8. The Morgan fingerprint density at radius 3 is 2.51 bits per heavy atom. The number of hydrogen-bond acceptors (Lipinski definition) is 4. The average molecular weight is 570 g/mol. The van der Waals surface area contributed by atoms with Crippen LogP contribution in [-0.4, -0.2) is 43.6 Å². The fourth-order valence-electron chi connectivity index (χ4n) is 5.46. The van der Waals surface area contributed by atoms with Crippen molar-refractivity contribution in [2.24, 2.45) is 0 Å². The lowest BCUT2D eigenvalue weighted by molar-refractivity contribution is -0.123. The quantitative estimate of drug-likeness (QED) is 0.352. The summed E-state index contributed by atoms with van der Waals surface area (Å²) in [5.41, 5.74) is 2.35. The van der Waals surface area contributed by atoms with E-state index in [0.29, 0.717) is 66.7 Å². The number of carbonyl (C=O) groups is 2. The SMILES string of the molecule is CN1C(=O)OC2(CCN(CCC(C(=O)NCc3ccccc3)c3ccc(Cl)c(Cl)c3)CC2)c2cc(F)ccc21. The summed E-state index contributed by atoms with van der Waals surface area (Å²) in [4.78, 5) is 29.6. The molecule has 2 heterocycles. The molecule has 0 aromatic heterocycles. The average Bonchev–Trinajstić information content (AvgIpc) is 2.94. The first kappa shape index (κ1) is 27.4. The van der Waals surface area contributed by atoms with E-state index in [4.69, 9.17) is 27.9 Å². The third-order valence-corrected chi connectivity index (χ3v) is 8.48. The van der Waals surface area contributed by atoms with E-state index >= 15 is 0 Å². The van der Waals surface area contributed by atoms with Gasteiger partial charge in [0.05, 0.1) is 21.7 Å². The summed E-state index contributed by atoms with van der Waals surface area (Å²) >= 11 is 12.4. The van der Waals surface area contributed by atoms with Gasteiger partial charge in [-0.1, -0.05) is 59.6 Å². The number of carbonyl (C=O) groups excluding carboxylic acids is 2. The Hall–Kier alpha value is -3.13. The Balaban J connectivity index is 1.28. The van der Waals surface area contributed by atoms with Gasteiger partial charge in [-0.3, -0.25) is 9.69 Å². The molecule has 1 N–H and O–H groups in total. The first-order valence-electron chi connectivity index (χ1n) is 13.0. The van der Waals surface area contributed by atoms with Gasteiger partial charge in [-0.15, -0.1) is 0 Å². The Morgan fingerprint density at radius 2 is 1.79 bits per heavy atom. The highest BCUT2D eigenvalue weighted by molar-refractivity contribution is 6.42. The van der Waals surface area contributed by atoms with Gasteiger partial charge in [0, 0.05) is 45.1 Å². The topological polar surface area (TPSA) is 61.9 Å². The van der Waals surface area contributed by atoms with E-state index in [-0.39, 0.29) is 11.7 Å². The van der Waals surface area contributed by atoms with Gasteiger partial charge in [0.2, 0.25) is 5.91 Å². The number of amides is 2. The molecule has 1 spiro atoms. The molecule has 39 heavy (non-hydrogen) atoms. The second-order valence-electron chi connectivity index (χ2n) is 10.1. The second-order valence-corrected chi connectivity index (χ2v) is 11.0. The lowest BCUT2D eigenvalue weighted by atomic mass is 9.81. The summed E-state index contributed by atoms with van der Waals surface area (Å²) in [7, 11) is 1.63. The number of hydrogen-bond donors (Lipinski definition) is 1. The monoisotopic (exact) mass is 569 g/mol. The molecule has 0 saturated carbocycles. The minimum atomic E-state index is -0.853. The highest BCUT2D eigenvalue weighted by Gasteiger charge is 2.46. The Labute approximate surface area is 237 Å². The van der Waals surface area contributed by atoms with Crippen LogP contribution in [0.4, 0.5) is 14.9 Å². The van der Waals surface area contributed by atoms with E-state index in [9.17, 15) is 14.0 Å². The highest BCUT2D eigenvalue weighted by Crippen LogP contribution is 2.45. The molecule has 2 amide bonds. The fraction of sp³-hybridized carbons (Fsp3) is 0.333. The molecular formula is C30H30Cl2FN3O3. The minimum Gasteiger partial charge on any atom is -0.437 e. The van der Waals surface area contributed by atoms with Crippen molar-refractivity contribution in [3.8, 4) is 0 Å². The molecule has 1 fully saturated rings. The second kappa shape index (κ2) is 11.5. The summed E-state index contributed by atoms with van der Waals surface area (Å²) < 4.78 is 20.1. The molecule has 5 rings (SSSR count). The maximum atomic E-state index is 14.2. The molecule has 0 aliphatic carbocycles. The van der Waals surface area contributed by atoms with Crippen LogP contribution in [0.5, 0.6) is 0 Å². The molecule has 3 aromatic rings. The van der Waals surface area contributed by atoms with E-state index in [1.165, 1.54) is 17.0 Å². The number of piperidine rings is 1. The zero-order chi connectivity index (χ0) is 27.6. The van der Waals surface area contributed by atoms with Gasteiger partial charge in [-0.2, -0.15) is 0 Å². The van der Waals surface area contributed by atoms with Crippen LogP contribution in [0.3, 0.4) is 0 Å². The molecule has 1 unspecified atom stereocenters. The number of nitrogens with one attached hydrogen (secondary N) is 1. The highest BCUT2D eigenvalue weighted by atomic mass is 35.5. The fourth-order valence-corrected chi connectivity index (χ4v) is 5.77. The molecule has 204 valence electrons. The van der Waals surface area contributed by atoms with Crippen LogP contribution < -0.4 is 10.2 Å². The number of halogens is 3. The third kappa shape index (κ3) is 5.91. The molecule has 6 nitrogen and oxygen atoms in total. The van der Waals surface area contributed by atoms with Crippen molar-refractivity contribution in [3.63, 3.8) is 0 Å². The van der Waals surface area contributed by atoms with Gasteiger partial charge < -0.3 is 15.0 Å². The van der Waals surface area contributed by atoms with E-state index in [1.807, 2.05) is 36.4 Å². The zero-order valence-electron chi connectivity index (χ0n) is 21.6. The van der Waals surface area contributed by atoms with Gasteiger partial charge >= 0.3 is 6.09 Å². The third-order valence-electron chi connectivity index (χ3n) is 7.74. The molecule has 0 radical (unpaired) electrons. The van der Waals surface area contributed by atoms with Crippen LogP contribution in [0.25, 0.3) is 0 Å². The number of nitrogens with zero attached hydrogens (tertiary/aromatic N) is 2. The Bertz CT molecular complexity index is 1360. The zero-order valence-corrected chi connectivity index (χ0v) is 23.1. The van der Waals surface area contributed by atoms with E-state index < -0.39 is 17.6 Å². The van der Waals surface area contributed by atoms with Crippen LogP contribution >= 0.6 is 23.2 Å². The van der Waals surface area contributed by atoms with E-state index in [2.05, 4.69) is 10.2 Å². The van der Waals surface area contributed by atoms with Crippen molar-refractivity contribution in [2.45, 2.75) is 37.3 Å². The Morgan fingerprint density at radius 1 is 1.05 bits per heavy atom. The van der Waals surface area contributed by atoms with Gasteiger partial charge in [0.25, 0.3) is 0 Å². The van der Waals surface area contributed by atoms with Crippen LogP contribution in [0.15, 0.2) is 66.7 Å². The van der Waals surface area contributed by atoms with E-state index in [0.717, 1.165) is 11.1 Å². The van der Waals surface area contributed by atoms with Crippen molar-refractivity contribution in [1.29, 1.82) is 0 Å². The smallest absolute Gasteiger partial charge is 0.414 e. The van der Waals surface area contributed by atoms with Crippen molar-refractivity contribution in [2.75, 3.05) is 31.6 Å². The summed E-state index contributed by atoms with van der Waals surface area (Å²) in [5.74, 6) is -0.859. The van der Waals surface area contributed by atoms with Crippen molar-refractivity contribution < 1.29 is 18.7 Å². The predicted octanol–water partition coefficient (Wildman–Crippen LogP) is 6.50. The summed E-state index contributed by atoms with van der Waals surface area (Å²) in [6, 6.07) is 19.5. The molecular weight excluding hydrogens is 540 g/mol. The molecule has 9 heteroatoms. The van der Waals surface area contributed by atoms with Crippen LogP contribution in [0.1, 0.15) is 41.9 Å². The molecule has 3 aromatic carbocycles. The van der Waals surface area contributed by atoms with Gasteiger partial charge in [-0.05, 0) is 54.4 Å². The van der Waals surface area contributed by atoms with Crippen molar-refractivity contribution in [3.05, 3.63) is 99.3 Å². The molecule has 2 aliphatic rings. The van der Waals surface area contributed by atoms with Crippen molar-refractivity contribution >= 4 is 40.9 Å². The number of likely N-dealkylation sites (tertiary alicyclic amines) is 1. The van der Waals surface area contributed by atoms with Crippen LogP contribution in [0, 0.1) is 5.82 Å². The van der Waals surface area contributed by atoms with Crippen molar-refractivity contribution in [1.82, 2.24) is 10.2 Å². The maximum absolute atomic E-state index is 14.2. The number of ether oxygens (including phenoxy) is 1. The normalized spacial score (nSPS) is 17.4. The molecule has 1 saturated heterocycles. The summed E-state index contributed by atoms with van der Waals surface area (Å²) in [5, 5.41) is 3.91. The largest absolute Gasteiger partial charge is 0.437 e. The first-order valence-corrected chi connectivity index (χ1v) is 13.8. The lowest BCUT2D eigenvalue weighted by Crippen LogP contribution is -2.51. The van der Waals surface area contributed by atoms with Crippen LogP contribution in [-0.2, 0) is 21.7 Å². The number of benzene rings is 3. The Kier molecular flexibility index (Phi) is 8.12. The van der Waals surface area contributed by atoms with E-state index in [1.54, 1.807) is 25.2 Å².